The first-order valence-corrected chi connectivity index (χ1v) is 10.8. The van der Waals surface area contributed by atoms with Gasteiger partial charge in [0.1, 0.15) is 11.5 Å². The molecule has 1 aromatic carbocycles. The average Bonchev–Trinajstić information content (AvgIpc) is 3.37. The second-order valence-corrected chi connectivity index (χ2v) is 8.13. The molecule has 3 aromatic heterocycles. The summed E-state index contributed by atoms with van der Waals surface area (Å²) >= 11 is 1.51. The number of hydrogen-bond donors (Lipinski definition) is 3. The minimum Gasteiger partial charge on any atom is -0.347 e. The molecule has 0 bridgehead atoms. The number of H-pyrrole nitrogens is 1. The molecule has 0 unspecified atom stereocenters. The van der Waals surface area contributed by atoms with E-state index < -0.39 is 0 Å². The fourth-order valence-electron chi connectivity index (χ4n) is 3.20. The molecule has 0 saturated heterocycles. The normalized spacial score (nSPS) is 11.1. The summed E-state index contributed by atoms with van der Waals surface area (Å²) in [6.07, 6.45) is 2.57. The molecule has 0 atom stereocenters. The second kappa shape index (κ2) is 9.15. The number of benzene rings is 1. The Kier molecular flexibility index (Phi) is 6.15. The summed E-state index contributed by atoms with van der Waals surface area (Å²) in [6.45, 7) is 5.86. The molecule has 0 aliphatic carbocycles. The lowest BCUT2D eigenvalue weighted by molar-refractivity contribution is 0.0946. The Morgan fingerprint density at radius 3 is 2.87 bits per heavy atom. The van der Waals surface area contributed by atoms with Crippen LogP contribution in [0.3, 0.4) is 0 Å². The third-order valence-electron chi connectivity index (χ3n) is 4.83. The van der Waals surface area contributed by atoms with Gasteiger partial charge in [-0.2, -0.15) is 0 Å². The maximum absolute atomic E-state index is 12.4. The number of aryl methyl sites for hydroxylation is 2. The topological polar surface area (TPSA) is 95.6 Å². The fourth-order valence-corrected chi connectivity index (χ4v) is 3.98. The number of nitrogens with one attached hydrogen (secondary N) is 3. The standard InChI is InChI=1S/C22H24N6OS/c1-14-9-15(2)24-10-16(14)11-25-22(29)19-13-30-21(28-19)7-8-23-12-20-26-17-5-3-4-6-18(17)27-20/h3-6,9-10,13,23H,7-8,11-12H2,1-2H3,(H,25,29)(H,26,27). The predicted molar refractivity (Wildman–Crippen MR) is 118 cm³/mol. The summed E-state index contributed by atoms with van der Waals surface area (Å²) in [5.41, 5.74) is 5.59. The smallest absolute Gasteiger partial charge is 0.271 e. The number of aromatic nitrogens is 4. The summed E-state index contributed by atoms with van der Waals surface area (Å²) in [5.74, 6) is 0.754. The Morgan fingerprint density at radius 1 is 1.17 bits per heavy atom. The van der Waals surface area contributed by atoms with Crippen LogP contribution in [-0.2, 0) is 19.5 Å². The molecular weight excluding hydrogens is 396 g/mol. The Hall–Kier alpha value is -3.10. The van der Waals surface area contributed by atoms with Crippen LogP contribution < -0.4 is 10.6 Å². The van der Waals surface area contributed by atoms with E-state index in [9.17, 15) is 4.79 Å². The lowest BCUT2D eigenvalue weighted by Gasteiger charge is -2.07. The molecule has 0 aliphatic heterocycles. The molecule has 7 nitrogen and oxygen atoms in total. The molecule has 4 aromatic rings. The first-order chi connectivity index (χ1) is 14.6. The van der Waals surface area contributed by atoms with Crippen LogP contribution in [0.25, 0.3) is 11.0 Å². The quantitative estimate of drug-likeness (QED) is 0.380. The van der Waals surface area contributed by atoms with Gasteiger partial charge in [0.15, 0.2) is 0 Å². The van der Waals surface area contributed by atoms with Crippen LogP contribution >= 0.6 is 11.3 Å². The van der Waals surface area contributed by atoms with E-state index in [1.165, 1.54) is 11.3 Å². The number of fused-ring (bicyclic) bond motifs is 1. The summed E-state index contributed by atoms with van der Waals surface area (Å²) < 4.78 is 0. The molecule has 1 amide bonds. The number of hydrogen-bond acceptors (Lipinski definition) is 6. The van der Waals surface area contributed by atoms with Crippen LogP contribution in [0.1, 0.15) is 38.1 Å². The first kappa shape index (κ1) is 20.2. The van der Waals surface area contributed by atoms with E-state index in [0.29, 0.717) is 18.8 Å². The van der Waals surface area contributed by atoms with Crippen LogP contribution in [0.4, 0.5) is 0 Å². The van der Waals surface area contributed by atoms with Crippen molar-refractivity contribution in [2.45, 2.75) is 33.4 Å². The van der Waals surface area contributed by atoms with Crippen molar-refractivity contribution in [3.63, 3.8) is 0 Å². The summed E-state index contributed by atoms with van der Waals surface area (Å²) in [7, 11) is 0. The van der Waals surface area contributed by atoms with Crippen molar-refractivity contribution in [1.82, 2.24) is 30.6 Å². The van der Waals surface area contributed by atoms with Crippen molar-refractivity contribution in [2.75, 3.05) is 6.54 Å². The van der Waals surface area contributed by atoms with Gasteiger partial charge in [-0.05, 0) is 43.2 Å². The van der Waals surface area contributed by atoms with E-state index in [2.05, 4.69) is 30.6 Å². The number of amides is 1. The van der Waals surface area contributed by atoms with Crippen molar-refractivity contribution in [3.05, 3.63) is 75.3 Å². The zero-order chi connectivity index (χ0) is 20.9. The molecule has 154 valence electrons. The monoisotopic (exact) mass is 420 g/mol. The largest absolute Gasteiger partial charge is 0.347 e. The van der Waals surface area contributed by atoms with Gasteiger partial charge in [0, 0.05) is 36.8 Å². The molecule has 4 rings (SSSR count). The summed E-state index contributed by atoms with van der Waals surface area (Å²) in [5, 5.41) is 9.05. The molecule has 3 heterocycles. The number of pyridine rings is 1. The molecule has 0 aliphatic rings. The predicted octanol–water partition coefficient (Wildman–Crippen LogP) is 3.29. The molecule has 30 heavy (non-hydrogen) atoms. The summed E-state index contributed by atoms with van der Waals surface area (Å²) in [6, 6.07) is 10.0. The Morgan fingerprint density at radius 2 is 2.03 bits per heavy atom. The highest BCUT2D eigenvalue weighted by Gasteiger charge is 2.11. The van der Waals surface area contributed by atoms with Gasteiger partial charge >= 0.3 is 0 Å². The number of carbonyl (C=O) groups is 1. The molecule has 3 N–H and O–H groups in total. The maximum Gasteiger partial charge on any atom is 0.271 e. The number of nitrogens with zero attached hydrogens (tertiary/aromatic N) is 3. The zero-order valence-electron chi connectivity index (χ0n) is 17.0. The van der Waals surface area contributed by atoms with E-state index in [1.54, 1.807) is 0 Å². The third-order valence-corrected chi connectivity index (χ3v) is 5.73. The van der Waals surface area contributed by atoms with Crippen LogP contribution in [-0.4, -0.2) is 32.4 Å². The number of para-hydroxylation sites is 2. The molecular formula is C22H24N6OS. The number of aromatic amines is 1. The fraction of sp³-hybridized carbons (Fsp3) is 0.273. The zero-order valence-corrected chi connectivity index (χ0v) is 17.8. The number of thiazole rings is 1. The van der Waals surface area contributed by atoms with Crippen molar-refractivity contribution in [3.8, 4) is 0 Å². The maximum atomic E-state index is 12.4. The molecule has 0 saturated carbocycles. The van der Waals surface area contributed by atoms with Gasteiger partial charge in [-0.1, -0.05) is 12.1 Å². The SMILES string of the molecule is Cc1cc(C)c(CNC(=O)c2csc(CCNCc3nc4ccccc4[nH]3)n2)cn1. The van der Waals surface area contributed by atoms with E-state index in [4.69, 9.17) is 0 Å². The van der Waals surface area contributed by atoms with Crippen LogP contribution in [0.5, 0.6) is 0 Å². The third kappa shape index (κ3) is 4.90. The van der Waals surface area contributed by atoms with E-state index in [1.807, 2.05) is 55.8 Å². The lowest BCUT2D eigenvalue weighted by atomic mass is 10.1. The molecule has 0 radical (unpaired) electrons. The first-order valence-electron chi connectivity index (χ1n) is 9.87. The highest BCUT2D eigenvalue weighted by molar-refractivity contribution is 7.09. The van der Waals surface area contributed by atoms with Crippen molar-refractivity contribution in [2.24, 2.45) is 0 Å². The van der Waals surface area contributed by atoms with Gasteiger partial charge in [0.2, 0.25) is 0 Å². The van der Waals surface area contributed by atoms with Gasteiger partial charge in [0.05, 0.1) is 22.6 Å². The van der Waals surface area contributed by atoms with Crippen LogP contribution in [0, 0.1) is 13.8 Å². The minimum atomic E-state index is -0.160. The van der Waals surface area contributed by atoms with Crippen molar-refractivity contribution >= 4 is 28.3 Å². The minimum absolute atomic E-state index is 0.160. The lowest BCUT2D eigenvalue weighted by Crippen LogP contribution is -2.24. The highest BCUT2D eigenvalue weighted by Crippen LogP contribution is 2.12. The average molecular weight is 421 g/mol. The second-order valence-electron chi connectivity index (χ2n) is 7.19. The van der Waals surface area contributed by atoms with Gasteiger partial charge in [-0.25, -0.2) is 9.97 Å². The number of rotatable bonds is 8. The van der Waals surface area contributed by atoms with Gasteiger partial charge < -0.3 is 15.6 Å². The number of carbonyl (C=O) groups excluding carboxylic acids is 1. The van der Waals surface area contributed by atoms with E-state index in [-0.39, 0.29) is 5.91 Å². The Labute approximate surface area is 179 Å². The van der Waals surface area contributed by atoms with Crippen LogP contribution in [0.2, 0.25) is 0 Å². The van der Waals surface area contributed by atoms with Gasteiger partial charge in [0.25, 0.3) is 5.91 Å². The van der Waals surface area contributed by atoms with Gasteiger partial charge in [-0.15, -0.1) is 11.3 Å². The summed E-state index contributed by atoms with van der Waals surface area (Å²) in [4.78, 5) is 29.0. The molecule has 0 spiro atoms. The highest BCUT2D eigenvalue weighted by atomic mass is 32.1. The van der Waals surface area contributed by atoms with Crippen molar-refractivity contribution in [1.29, 1.82) is 0 Å². The van der Waals surface area contributed by atoms with Crippen molar-refractivity contribution < 1.29 is 4.79 Å². The van der Waals surface area contributed by atoms with Gasteiger partial charge in [-0.3, -0.25) is 9.78 Å². The van der Waals surface area contributed by atoms with E-state index >= 15 is 0 Å². The Bertz CT molecular complexity index is 1130. The molecule has 8 heteroatoms. The number of imidazole rings is 1. The van der Waals surface area contributed by atoms with E-state index in [0.717, 1.165) is 51.7 Å². The Balaban J connectivity index is 1.23. The van der Waals surface area contributed by atoms with Crippen LogP contribution in [0.15, 0.2) is 41.9 Å². The molecule has 0 fully saturated rings.